The van der Waals surface area contributed by atoms with E-state index >= 15 is 0 Å². The van der Waals surface area contributed by atoms with E-state index in [-0.39, 0.29) is 11.6 Å². The highest BCUT2D eigenvalue weighted by molar-refractivity contribution is 9.11. The Bertz CT molecular complexity index is 1150. The summed E-state index contributed by atoms with van der Waals surface area (Å²) in [4.78, 5) is 16.7. The van der Waals surface area contributed by atoms with Gasteiger partial charge in [-0.05, 0) is 89.3 Å². The molecule has 4 rings (SSSR count). The summed E-state index contributed by atoms with van der Waals surface area (Å²) in [5, 5.41) is 0. The number of hydrogen-bond acceptors (Lipinski definition) is 4. The highest BCUT2D eigenvalue weighted by atomic mass is 79.9. The van der Waals surface area contributed by atoms with Gasteiger partial charge in [0.2, 0.25) is 5.90 Å². The predicted molar refractivity (Wildman–Crippen MR) is 127 cm³/mol. The van der Waals surface area contributed by atoms with Gasteiger partial charge < -0.3 is 9.47 Å². The number of cyclic esters (lactones) is 1. The smallest absolute Gasteiger partial charge is 0.363 e. The SMILES string of the molecule is O=C1OC(c2ccccc2Br)=N/C1=C\c1cc(Br)c(OCc2ccccc2)c(Br)c1. The van der Waals surface area contributed by atoms with Crippen molar-refractivity contribution in [2.75, 3.05) is 0 Å². The van der Waals surface area contributed by atoms with Crippen molar-refractivity contribution >= 4 is 65.7 Å². The van der Waals surface area contributed by atoms with Gasteiger partial charge in [-0.2, -0.15) is 0 Å². The number of nitrogens with zero attached hydrogens (tertiary/aromatic N) is 1. The number of carbonyl (C=O) groups excluding carboxylic acids is 1. The first-order chi connectivity index (χ1) is 14.5. The van der Waals surface area contributed by atoms with E-state index in [1.807, 2.05) is 66.7 Å². The molecule has 150 valence electrons. The summed E-state index contributed by atoms with van der Waals surface area (Å²) in [7, 11) is 0. The van der Waals surface area contributed by atoms with Crippen molar-refractivity contribution < 1.29 is 14.3 Å². The topological polar surface area (TPSA) is 47.9 Å². The molecule has 7 heteroatoms. The molecule has 1 aliphatic rings. The van der Waals surface area contributed by atoms with Gasteiger partial charge >= 0.3 is 5.97 Å². The van der Waals surface area contributed by atoms with E-state index in [4.69, 9.17) is 9.47 Å². The molecule has 0 amide bonds. The summed E-state index contributed by atoms with van der Waals surface area (Å²) in [5.41, 5.74) is 2.81. The summed E-state index contributed by atoms with van der Waals surface area (Å²) < 4.78 is 13.6. The van der Waals surface area contributed by atoms with Crippen LogP contribution in [0.15, 0.2) is 90.8 Å². The number of halogens is 3. The van der Waals surface area contributed by atoms with E-state index in [9.17, 15) is 4.79 Å². The minimum Gasteiger partial charge on any atom is -0.487 e. The Kier molecular flexibility index (Phi) is 6.51. The lowest BCUT2D eigenvalue weighted by atomic mass is 10.2. The highest BCUT2D eigenvalue weighted by Gasteiger charge is 2.25. The molecule has 1 aliphatic heterocycles. The quantitative estimate of drug-likeness (QED) is 0.240. The van der Waals surface area contributed by atoms with Crippen LogP contribution in [0.2, 0.25) is 0 Å². The number of carbonyl (C=O) groups is 1. The van der Waals surface area contributed by atoms with Gasteiger partial charge in [-0.25, -0.2) is 9.79 Å². The van der Waals surface area contributed by atoms with E-state index in [2.05, 4.69) is 52.8 Å². The molecule has 4 nitrogen and oxygen atoms in total. The number of hydrogen-bond donors (Lipinski definition) is 0. The standard InChI is InChI=1S/C23H14Br3NO3/c24-17-9-5-4-8-16(17)22-27-20(23(28)30-22)12-15-10-18(25)21(19(26)11-15)29-13-14-6-2-1-3-7-14/h1-12H,13H2/b20-12-. The fourth-order valence-electron chi connectivity index (χ4n) is 2.85. The van der Waals surface area contributed by atoms with Crippen LogP contribution >= 0.6 is 47.8 Å². The van der Waals surface area contributed by atoms with Crippen molar-refractivity contribution in [2.24, 2.45) is 4.99 Å². The Morgan fingerprint density at radius 2 is 1.57 bits per heavy atom. The lowest BCUT2D eigenvalue weighted by molar-refractivity contribution is -0.129. The first-order valence-electron chi connectivity index (χ1n) is 8.94. The fraction of sp³-hybridized carbons (Fsp3) is 0.0435. The van der Waals surface area contributed by atoms with Gasteiger partial charge in [-0.15, -0.1) is 0 Å². The van der Waals surface area contributed by atoms with Crippen molar-refractivity contribution in [2.45, 2.75) is 6.61 Å². The maximum Gasteiger partial charge on any atom is 0.363 e. The molecule has 0 N–H and O–H groups in total. The number of aliphatic imine (C=N–C) groups is 1. The molecule has 0 aromatic heterocycles. The molecule has 0 atom stereocenters. The van der Waals surface area contributed by atoms with Crippen LogP contribution in [0.4, 0.5) is 0 Å². The lowest BCUT2D eigenvalue weighted by Gasteiger charge is -2.11. The zero-order valence-electron chi connectivity index (χ0n) is 15.4. The van der Waals surface area contributed by atoms with Crippen LogP contribution in [-0.2, 0) is 16.1 Å². The van der Waals surface area contributed by atoms with Crippen LogP contribution in [0.1, 0.15) is 16.7 Å². The molecule has 0 aliphatic carbocycles. The average molecular weight is 592 g/mol. The molecule has 0 unspecified atom stereocenters. The Morgan fingerprint density at radius 3 is 2.27 bits per heavy atom. The van der Waals surface area contributed by atoms with Crippen molar-refractivity contribution in [3.05, 3.63) is 103 Å². The minimum atomic E-state index is -0.489. The van der Waals surface area contributed by atoms with Gasteiger partial charge in [-0.1, -0.05) is 42.5 Å². The number of benzene rings is 3. The average Bonchev–Trinajstić information content (AvgIpc) is 3.08. The third kappa shape index (κ3) is 4.74. The third-order valence-corrected chi connectivity index (χ3v) is 6.14. The van der Waals surface area contributed by atoms with E-state index in [0.29, 0.717) is 12.4 Å². The monoisotopic (exact) mass is 589 g/mol. The van der Waals surface area contributed by atoms with Gasteiger partial charge in [0, 0.05) is 4.47 Å². The first-order valence-corrected chi connectivity index (χ1v) is 11.3. The number of rotatable bonds is 5. The van der Waals surface area contributed by atoms with Gasteiger partial charge in [0.1, 0.15) is 12.4 Å². The minimum absolute atomic E-state index is 0.234. The van der Waals surface area contributed by atoms with Gasteiger partial charge in [0.15, 0.2) is 5.70 Å². The Labute approximate surface area is 199 Å². The van der Waals surface area contributed by atoms with Crippen LogP contribution in [0.5, 0.6) is 5.75 Å². The molecule has 0 saturated heterocycles. The molecular formula is C23H14Br3NO3. The zero-order chi connectivity index (χ0) is 21.1. The highest BCUT2D eigenvalue weighted by Crippen LogP contribution is 2.36. The number of esters is 1. The second-order valence-electron chi connectivity index (χ2n) is 6.40. The summed E-state index contributed by atoms with van der Waals surface area (Å²) in [5.74, 6) is 0.476. The van der Waals surface area contributed by atoms with E-state index in [1.165, 1.54) is 0 Å². The van der Waals surface area contributed by atoms with Crippen LogP contribution in [0.25, 0.3) is 6.08 Å². The molecule has 1 heterocycles. The number of ether oxygens (including phenoxy) is 2. The lowest BCUT2D eigenvalue weighted by Crippen LogP contribution is -2.05. The van der Waals surface area contributed by atoms with E-state index < -0.39 is 5.97 Å². The van der Waals surface area contributed by atoms with Crippen LogP contribution < -0.4 is 4.74 Å². The summed E-state index contributed by atoms with van der Waals surface area (Å²) >= 11 is 10.6. The Hall–Kier alpha value is -2.22. The third-order valence-electron chi connectivity index (χ3n) is 4.27. The normalized spacial score (nSPS) is 14.6. The molecule has 3 aromatic rings. The molecular weight excluding hydrogens is 578 g/mol. The molecule has 0 radical (unpaired) electrons. The van der Waals surface area contributed by atoms with E-state index in [1.54, 1.807) is 6.08 Å². The first kappa shape index (κ1) is 21.0. The maximum atomic E-state index is 12.3. The van der Waals surface area contributed by atoms with Crippen LogP contribution in [-0.4, -0.2) is 11.9 Å². The molecule has 0 saturated carbocycles. The van der Waals surface area contributed by atoms with Crippen molar-refractivity contribution in [3.63, 3.8) is 0 Å². The summed E-state index contributed by atoms with van der Waals surface area (Å²) in [6.45, 7) is 0.449. The van der Waals surface area contributed by atoms with Gasteiger partial charge in [0.05, 0.1) is 14.5 Å². The van der Waals surface area contributed by atoms with Crippen LogP contribution in [0, 0.1) is 0 Å². The Balaban J connectivity index is 1.58. The second-order valence-corrected chi connectivity index (χ2v) is 8.97. The predicted octanol–water partition coefficient (Wildman–Crippen LogP) is 6.90. The zero-order valence-corrected chi connectivity index (χ0v) is 20.2. The van der Waals surface area contributed by atoms with Crippen molar-refractivity contribution in [3.8, 4) is 5.75 Å². The van der Waals surface area contributed by atoms with Gasteiger partial charge in [-0.3, -0.25) is 0 Å². The Morgan fingerprint density at radius 1 is 0.900 bits per heavy atom. The van der Waals surface area contributed by atoms with E-state index in [0.717, 1.165) is 30.1 Å². The largest absolute Gasteiger partial charge is 0.487 e. The maximum absolute atomic E-state index is 12.3. The van der Waals surface area contributed by atoms with Crippen molar-refractivity contribution in [1.82, 2.24) is 0 Å². The fourth-order valence-corrected chi connectivity index (χ4v) is 4.75. The van der Waals surface area contributed by atoms with Crippen molar-refractivity contribution in [1.29, 1.82) is 0 Å². The molecule has 3 aromatic carbocycles. The van der Waals surface area contributed by atoms with Gasteiger partial charge in [0.25, 0.3) is 0 Å². The van der Waals surface area contributed by atoms with Crippen LogP contribution in [0.3, 0.4) is 0 Å². The second kappa shape index (κ2) is 9.29. The molecule has 30 heavy (non-hydrogen) atoms. The summed E-state index contributed by atoms with van der Waals surface area (Å²) in [6, 6.07) is 21.1. The summed E-state index contributed by atoms with van der Waals surface area (Å²) in [6.07, 6.45) is 1.68. The molecule has 0 spiro atoms. The molecule has 0 fully saturated rings. The molecule has 0 bridgehead atoms.